The van der Waals surface area contributed by atoms with E-state index in [1.807, 2.05) is 0 Å². The van der Waals surface area contributed by atoms with E-state index >= 15 is 0 Å². The molecule has 0 bridgehead atoms. The molecule has 3 nitrogen and oxygen atoms in total. The Balaban J connectivity index is 2.01. The predicted molar refractivity (Wildman–Crippen MR) is 101 cm³/mol. The van der Waals surface area contributed by atoms with Gasteiger partial charge in [0.2, 0.25) is 0 Å². The largest absolute Gasteiger partial charge is 0.466 e. The van der Waals surface area contributed by atoms with E-state index in [-0.39, 0.29) is 16.8 Å². The summed E-state index contributed by atoms with van der Waals surface area (Å²) in [5.41, 5.74) is 1.44. The van der Waals surface area contributed by atoms with Gasteiger partial charge in [0.25, 0.3) is 0 Å². The van der Waals surface area contributed by atoms with Gasteiger partial charge >= 0.3 is 5.97 Å². The van der Waals surface area contributed by atoms with Crippen LogP contribution in [0, 0.1) is 28.6 Å². The summed E-state index contributed by atoms with van der Waals surface area (Å²) in [4.78, 5) is 22.7. The molecular weight excluding hydrogens is 312 g/mol. The summed E-state index contributed by atoms with van der Waals surface area (Å²) in [5, 5.41) is 0. The molecule has 2 saturated carbocycles. The van der Waals surface area contributed by atoms with E-state index in [0.717, 1.165) is 44.9 Å². The molecule has 5 atom stereocenters. The van der Waals surface area contributed by atoms with Gasteiger partial charge in [-0.25, -0.2) is 0 Å². The van der Waals surface area contributed by atoms with E-state index in [1.165, 1.54) is 25.2 Å². The Morgan fingerprint density at radius 2 is 2.08 bits per heavy atom. The summed E-state index contributed by atoms with van der Waals surface area (Å²) in [5.74, 6) is 1.34. The molecule has 2 aliphatic carbocycles. The molecule has 0 saturated heterocycles. The second kappa shape index (κ2) is 8.05. The van der Waals surface area contributed by atoms with Crippen molar-refractivity contribution in [3.63, 3.8) is 0 Å². The third kappa shape index (κ3) is 4.35. The maximum atomic E-state index is 11.8. The van der Waals surface area contributed by atoms with Crippen LogP contribution in [0.4, 0.5) is 0 Å². The zero-order valence-electron chi connectivity index (χ0n) is 16.6. The quantitative estimate of drug-likeness (QED) is 0.354. The van der Waals surface area contributed by atoms with Crippen LogP contribution in [-0.2, 0) is 14.3 Å². The Kier molecular flexibility index (Phi) is 6.51. The fourth-order valence-electron chi connectivity index (χ4n) is 5.67. The normalized spacial score (nSPS) is 36.4. The van der Waals surface area contributed by atoms with Gasteiger partial charge < -0.3 is 9.53 Å². The number of carbonyl (C=O) groups is 2. The molecule has 5 unspecified atom stereocenters. The third-order valence-corrected chi connectivity index (χ3v) is 7.20. The first-order valence-corrected chi connectivity index (χ1v) is 10.0. The number of esters is 1. The number of hydrogen-bond donors (Lipinski definition) is 0. The summed E-state index contributed by atoms with van der Waals surface area (Å²) in [6, 6.07) is 0. The molecule has 2 rings (SSSR count). The molecule has 3 heteroatoms. The van der Waals surface area contributed by atoms with Gasteiger partial charge in [-0.1, -0.05) is 39.3 Å². The zero-order chi connectivity index (χ0) is 18.7. The molecule has 0 aromatic carbocycles. The molecule has 0 N–H and O–H groups in total. The average molecular weight is 349 g/mol. The molecule has 142 valence electrons. The maximum Gasteiger partial charge on any atom is 0.302 e. The lowest BCUT2D eigenvalue weighted by Gasteiger charge is -2.57. The molecule has 0 spiro atoms. The number of allylic oxidation sites excluding steroid dienone is 1. The summed E-state index contributed by atoms with van der Waals surface area (Å²) >= 11 is 0. The van der Waals surface area contributed by atoms with Gasteiger partial charge in [0.15, 0.2) is 0 Å². The second-order valence-electron chi connectivity index (χ2n) is 9.10. The van der Waals surface area contributed by atoms with E-state index in [1.54, 1.807) is 0 Å². The van der Waals surface area contributed by atoms with Gasteiger partial charge in [0, 0.05) is 12.3 Å². The summed E-state index contributed by atoms with van der Waals surface area (Å²) in [7, 11) is 0. The van der Waals surface area contributed by atoms with E-state index in [9.17, 15) is 9.59 Å². The zero-order valence-corrected chi connectivity index (χ0v) is 16.6. The van der Waals surface area contributed by atoms with Crippen molar-refractivity contribution < 1.29 is 14.3 Å². The lowest BCUT2D eigenvalue weighted by atomic mass is 9.47. The molecule has 0 aromatic rings. The predicted octanol–water partition coefficient (Wildman–Crippen LogP) is 5.33. The van der Waals surface area contributed by atoms with Crippen LogP contribution in [0.1, 0.15) is 79.1 Å². The van der Waals surface area contributed by atoms with Crippen LogP contribution in [0.2, 0.25) is 0 Å². The number of carbonyl (C=O) groups excluding carboxylic acids is 2. The van der Waals surface area contributed by atoms with Crippen molar-refractivity contribution in [2.24, 2.45) is 28.6 Å². The number of aldehydes is 1. The van der Waals surface area contributed by atoms with Gasteiger partial charge in [-0.3, -0.25) is 4.79 Å². The van der Waals surface area contributed by atoms with Gasteiger partial charge in [0.1, 0.15) is 6.29 Å². The van der Waals surface area contributed by atoms with Gasteiger partial charge in [-0.15, -0.1) is 0 Å². The maximum absolute atomic E-state index is 11.8. The Bertz CT molecular complexity index is 511. The lowest BCUT2D eigenvalue weighted by Crippen LogP contribution is -2.51. The Hall–Kier alpha value is -1.12. The first-order chi connectivity index (χ1) is 11.7. The van der Waals surface area contributed by atoms with Gasteiger partial charge in [-0.2, -0.15) is 0 Å². The van der Waals surface area contributed by atoms with Crippen LogP contribution < -0.4 is 0 Å². The van der Waals surface area contributed by atoms with E-state index in [0.29, 0.717) is 24.4 Å². The molecule has 0 amide bonds. The monoisotopic (exact) mass is 348 g/mol. The van der Waals surface area contributed by atoms with Gasteiger partial charge in [-0.05, 0) is 68.1 Å². The number of fused-ring (bicyclic) bond motifs is 1. The van der Waals surface area contributed by atoms with Crippen molar-refractivity contribution >= 4 is 12.3 Å². The minimum Gasteiger partial charge on any atom is -0.466 e. The third-order valence-electron chi connectivity index (χ3n) is 7.20. The summed E-state index contributed by atoms with van der Waals surface area (Å²) in [6.45, 7) is 13.2. The molecule has 0 heterocycles. The van der Waals surface area contributed by atoms with Crippen LogP contribution in [0.5, 0.6) is 0 Å². The van der Waals surface area contributed by atoms with Gasteiger partial charge in [0.05, 0.1) is 6.61 Å². The minimum absolute atomic E-state index is 0.160. The SMILES string of the molecule is C=C1CCC2C(C)(C=O)CCCC2(C)C1CCC(C)CCOC(C)=O. The van der Waals surface area contributed by atoms with E-state index in [2.05, 4.69) is 27.4 Å². The Morgan fingerprint density at radius 1 is 1.36 bits per heavy atom. The van der Waals surface area contributed by atoms with Crippen LogP contribution in [0.25, 0.3) is 0 Å². The molecule has 0 radical (unpaired) electrons. The average Bonchev–Trinajstić information content (AvgIpc) is 2.53. The fraction of sp³-hybridized carbons (Fsp3) is 0.818. The molecular formula is C22H36O3. The first kappa shape index (κ1) is 20.2. The highest BCUT2D eigenvalue weighted by molar-refractivity contribution is 5.65. The van der Waals surface area contributed by atoms with Crippen molar-refractivity contribution in [3.8, 4) is 0 Å². The minimum atomic E-state index is -0.196. The summed E-state index contributed by atoms with van der Waals surface area (Å²) in [6.07, 6.45) is 10.0. The fourth-order valence-corrected chi connectivity index (χ4v) is 5.67. The number of hydrogen-bond acceptors (Lipinski definition) is 3. The number of rotatable bonds is 7. The smallest absolute Gasteiger partial charge is 0.302 e. The molecule has 2 fully saturated rings. The highest BCUT2D eigenvalue weighted by Crippen LogP contribution is 2.61. The molecule has 25 heavy (non-hydrogen) atoms. The standard InChI is InChI=1S/C22H36O3/c1-16(11-14-25-18(3)24)7-9-19-17(2)8-10-20-21(4,15-23)12-6-13-22(19,20)5/h15-16,19-20H,2,6-14H2,1,3-5H3. The molecule has 0 aliphatic heterocycles. The van der Waals surface area contributed by atoms with Crippen LogP contribution >= 0.6 is 0 Å². The Labute approximate surface area is 153 Å². The highest BCUT2D eigenvalue weighted by Gasteiger charge is 2.54. The van der Waals surface area contributed by atoms with Crippen molar-refractivity contribution in [1.29, 1.82) is 0 Å². The van der Waals surface area contributed by atoms with Crippen molar-refractivity contribution in [1.82, 2.24) is 0 Å². The summed E-state index contributed by atoms with van der Waals surface area (Å²) < 4.78 is 5.08. The molecule has 2 aliphatic rings. The lowest BCUT2D eigenvalue weighted by molar-refractivity contribution is -0.141. The van der Waals surface area contributed by atoms with Crippen molar-refractivity contribution in [3.05, 3.63) is 12.2 Å². The van der Waals surface area contributed by atoms with Crippen molar-refractivity contribution in [2.45, 2.75) is 79.1 Å². The van der Waals surface area contributed by atoms with E-state index < -0.39 is 0 Å². The Morgan fingerprint density at radius 3 is 2.72 bits per heavy atom. The van der Waals surface area contributed by atoms with Crippen LogP contribution in [0.15, 0.2) is 12.2 Å². The number of ether oxygens (including phenoxy) is 1. The van der Waals surface area contributed by atoms with Crippen LogP contribution in [0.3, 0.4) is 0 Å². The topological polar surface area (TPSA) is 43.4 Å². The molecule has 0 aromatic heterocycles. The first-order valence-electron chi connectivity index (χ1n) is 10.0. The second-order valence-corrected chi connectivity index (χ2v) is 9.10. The van der Waals surface area contributed by atoms with Crippen molar-refractivity contribution in [2.75, 3.05) is 6.61 Å². The highest BCUT2D eigenvalue weighted by atomic mass is 16.5. The van der Waals surface area contributed by atoms with Crippen LogP contribution in [-0.4, -0.2) is 18.9 Å². The van der Waals surface area contributed by atoms with E-state index in [4.69, 9.17) is 4.74 Å².